The second-order valence-corrected chi connectivity index (χ2v) is 6.69. The van der Waals surface area contributed by atoms with Crippen molar-refractivity contribution in [3.8, 4) is 5.69 Å². The largest absolute Gasteiger partial charge is 0.364 e. The van der Waals surface area contributed by atoms with E-state index in [0.717, 1.165) is 37.3 Å². The van der Waals surface area contributed by atoms with Crippen LogP contribution in [0.1, 0.15) is 35.3 Å². The number of hydrogen-bond acceptors (Lipinski definition) is 4. The van der Waals surface area contributed by atoms with Crippen LogP contribution >= 0.6 is 0 Å². The molecule has 0 radical (unpaired) electrons. The number of aromatic nitrogens is 3. The SMILES string of the molecule is O=C(c1cccnc1NCc1ccn(-c2ccccc2)n1)N1CCCCC1. The highest BCUT2D eigenvalue weighted by Gasteiger charge is 2.21. The Morgan fingerprint density at radius 2 is 1.81 bits per heavy atom. The molecule has 1 amide bonds. The molecule has 138 valence electrons. The molecule has 1 aliphatic heterocycles. The lowest BCUT2D eigenvalue weighted by molar-refractivity contribution is 0.0725. The van der Waals surface area contributed by atoms with E-state index in [4.69, 9.17) is 0 Å². The van der Waals surface area contributed by atoms with Gasteiger partial charge in [-0.3, -0.25) is 4.79 Å². The van der Waals surface area contributed by atoms with Crippen LogP contribution < -0.4 is 5.32 Å². The van der Waals surface area contributed by atoms with E-state index < -0.39 is 0 Å². The summed E-state index contributed by atoms with van der Waals surface area (Å²) in [6.45, 7) is 2.17. The van der Waals surface area contributed by atoms with Crippen LogP contribution in [0, 0.1) is 0 Å². The van der Waals surface area contributed by atoms with Gasteiger partial charge >= 0.3 is 0 Å². The van der Waals surface area contributed by atoms with Crippen molar-refractivity contribution in [1.82, 2.24) is 19.7 Å². The standard InChI is InChI=1S/C21H23N5O/c27-21(25-13-5-2-6-14-25)19-10-7-12-22-20(19)23-16-17-11-15-26(24-17)18-8-3-1-4-9-18/h1,3-4,7-12,15H,2,5-6,13-14,16H2,(H,22,23). The van der Waals surface area contributed by atoms with Gasteiger partial charge in [0.05, 0.1) is 23.5 Å². The zero-order chi connectivity index (χ0) is 18.5. The molecule has 1 fully saturated rings. The predicted molar refractivity (Wildman–Crippen MR) is 105 cm³/mol. The number of nitrogens with zero attached hydrogens (tertiary/aromatic N) is 4. The Balaban J connectivity index is 1.46. The van der Waals surface area contributed by atoms with Crippen molar-refractivity contribution in [2.24, 2.45) is 0 Å². The molecular weight excluding hydrogens is 338 g/mol. The van der Waals surface area contributed by atoms with E-state index in [1.165, 1.54) is 6.42 Å². The molecular formula is C21H23N5O. The molecule has 2 aromatic heterocycles. The summed E-state index contributed by atoms with van der Waals surface area (Å²) in [6.07, 6.45) is 6.99. The number of nitrogens with one attached hydrogen (secondary N) is 1. The van der Waals surface area contributed by atoms with Gasteiger partial charge in [0.1, 0.15) is 5.82 Å². The fourth-order valence-electron chi connectivity index (χ4n) is 3.34. The van der Waals surface area contributed by atoms with Gasteiger partial charge in [-0.05, 0) is 49.6 Å². The fraction of sp³-hybridized carbons (Fsp3) is 0.286. The molecule has 0 aliphatic carbocycles. The molecule has 3 aromatic rings. The Hall–Kier alpha value is -3.15. The lowest BCUT2D eigenvalue weighted by Gasteiger charge is -2.27. The van der Waals surface area contributed by atoms with Crippen LogP contribution in [0.15, 0.2) is 60.9 Å². The van der Waals surface area contributed by atoms with Crippen LogP contribution in [0.4, 0.5) is 5.82 Å². The quantitative estimate of drug-likeness (QED) is 0.755. The zero-order valence-corrected chi connectivity index (χ0v) is 15.2. The Kier molecular flexibility index (Phi) is 5.14. The molecule has 1 aromatic carbocycles. The summed E-state index contributed by atoms with van der Waals surface area (Å²) < 4.78 is 1.84. The van der Waals surface area contributed by atoms with Gasteiger partial charge in [-0.1, -0.05) is 18.2 Å². The first-order valence-electron chi connectivity index (χ1n) is 9.39. The maximum Gasteiger partial charge on any atom is 0.257 e. The molecule has 1 aliphatic rings. The van der Waals surface area contributed by atoms with Gasteiger partial charge < -0.3 is 10.2 Å². The monoisotopic (exact) mass is 361 g/mol. The van der Waals surface area contributed by atoms with Gasteiger partial charge in [0, 0.05) is 25.5 Å². The Bertz CT molecular complexity index is 900. The van der Waals surface area contributed by atoms with Crippen molar-refractivity contribution in [1.29, 1.82) is 0 Å². The van der Waals surface area contributed by atoms with Crippen molar-refractivity contribution < 1.29 is 4.79 Å². The topological polar surface area (TPSA) is 63.1 Å². The van der Waals surface area contributed by atoms with Crippen LogP contribution in [0.3, 0.4) is 0 Å². The number of pyridine rings is 1. The highest BCUT2D eigenvalue weighted by molar-refractivity contribution is 5.98. The van der Waals surface area contributed by atoms with Crippen molar-refractivity contribution in [3.63, 3.8) is 0 Å². The van der Waals surface area contributed by atoms with Crippen LogP contribution in [0.2, 0.25) is 0 Å². The third kappa shape index (κ3) is 4.00. The Labute approximate surface area is 158 Å². The minimum absolute atomic E-state index is 0.0557. The number of hydrogen-bond donors (Lipinski definition) is 1. The molecule has 6 heteroatoms. The Morgan fingerprint density at radius 3 is 2.63 bits per heavy atom. The average molecular weight is 361 g/mol. The number of carbonyl (C=O) groups is 1. The van der Waals surface area contributed by atoms with Crippen LogP contribution in [0.25, 0.3) is 5.69 Å². The highest BCUT2D eigenvalue weighted by atomic mass is 16.2. The summed E-state index contributed by atoms with van der Waals surface area (Å²) in [5.41, 5.74) is 2.53. The van der Waals surface area contributed by atoms with Gasteiger partial charge in [-0.2, -0.15) is 5.10 Å². The lowest BCUT2D eigenvalue weighted by Crippen LogP contribution is -2.36. The second kappa shape index (κ2) is 8.03. The summed E-state index contributed by atoms with van der Waals surface area (Å²) in [5, 5.41) is 7.87. The van der Waals surface area contributed by atoms with E-state index in [2.05, 4.69) is 15.4 Å². The summed E-state index contributed by atoms with van der Waals surface area (Å²) >= 11 is 0. The van der Waals surface area contributed by atoms with E-state index in [1.54, 1.807) is 6.20 Å². The van der Waals surface area contributed by atoms with Gasteiger partial charge in [-0.25, -0.2) is 9.67 Å². The minimum Gasteiger partial charge on any atom is -0.364 e. The van der Waals surface area contributed by atoms with Gasteiger partial charge in [0.25, 0.3) is 5.91 Å². The van der Waals surface area contributed by atoms with Crippen molar-refractivity contribution >= 4 is 11.7 Å². The van der Waals surface area contributed by atoms with Crippen LogP contribution in [0.5, 0.6) is 0 Å². The molecule has 4 rings (SSSR count). The minimum atomic E-state index is 0.0557. The molecule has 0 spiro atoms. The molecule has 1 saturated heterocycles. The number of anilines is 1. The van der Waals surface area contributed by atoms with Crippen LogP contribution in [-0.4, -0.2) is 38.7 Å². The molecule has 0 atom stereocenters. The van der Waals surface area contributed by atoms with E-state index in [0.29, 0.717) is 17.9 Å². The summed E-state index contributed by atoms with van der Waals surface area (Å²) in [4.78, 5) is 19.2. The smallest absolute Gasteiger partial charge is 0.257 e. The zero-order valence-electron chi connectivity index (χ0n) is 15.2. The highest BCUT2D eigenvalue weighted by Crippen LogP contribution is 2.18. The third-order valence-corrected chi connectivity index (χ3v) is 4.78. The van der Waals surface area contributed by atoms with E-state index in [-0.39, 0.29) is 5.91 Å². The second-order valence-electron chi connectivity index (χ2n) is 6.69. The fourth-order valence-corrected chi connectivity index (χ4v) is 3.34. The number of likely N-dealkylation sites (tertiary alicyclic amines) is 1. The molecule has 0 saturated carbocycles. The number of rotatable bonds is 5. The lowest BCUT2D eigenvalue weighted by atomic mass is 10.1. The summed E-state index contributed by atoms with van der Waals surface area (Å²) in [7, 11) is 0. The molecule has 1 N–H and O–H groups in total. The number of amides is 1. The summed E-state index contributed by atoms with van der Waals surface area (Å²) in [6, 6.07) is 15.6. The number of para-hydroxylation sites is 1. The number of piperidine rings is 1. The van der Waals surface area contributed by atoms with Crippen molar-refractivity contribution in [2.45, 2.75) is 25.8 Å². The maximum absolute atomic E-state index is 12.8. The third-order valence-electron chi connectivity index (χ3n) is 4.78. The van der Waals surface area contributed by atoms with Gasteiger partial charge in [-0.15, -0.1) is 0 Å². The first-order chi connectivity index (χ1) is 13.3. The van der Waals surface area contributed by atoms with Crippen molar-refractivity contribution in [2.75, 3.05) is 18.4 Å². The van der Waals surface area contributed by atoms with Gasteiger partial charge in [0.2, 0.25) is 0 Å². The molecule has 6 nitrogen and oxygen atoms in total. The summed E-state index contributed by atoms with van der Waals surface area (Å²) in [5.74, 6) is 0.669. The van der Waals surface area contributed by atoms with E-state index >= 15 is 0 Å². The Morgan fingerprint density at radius 1 is 1.00 bits per heavy atom. The first-order valence-corrected chi connectivity index (χ1v) is 9.39. The molecule has 0 unspecified atom stereocenters. The predicted octanol–water partition coefficient (Wildman–Crippen LogP) is 3.51. The molecule has 0 bridgehead atoms. The molecule has 3 heterocycles. The van der Waals surface area contributed by atoms with Gasteiger partial charge in [0.15, 0.2) is 0 Å². The maximum atomic E-state index is 12.8. The number of carbonyl (C=O) groups excluding carboxylic acids is 1. The van der Waals surface area contributed by atoms with E-state index in [9.17, 15) is 4.79 Å². The van der Waals surface area contributed by atoms with E-state index in [1.807, 2.05) is 64.3 Å². The van der Waals surface area contributed by atoms with Crippen LogP contribution in [-0.2, 0) is 6.54 Å². The first kappa shape index (κ1) is 17.3. The number of benzene rings is 1. The molecule has 27 heavy (non-hydrogen) atoms. The average Bonchev–Trinajstić information content (AvgIpc) is 3.22. The van der Waals surface area contributed by atoms with Crippen molar-refractivity contribution in [3.05, 3.63) is 72.2 Å². The normalized spacial score (nSPS) is 14.1.